The van der Waals surface area contributed by atoms with Crippen LogP contribution in [0, 0.1) is 5.82 Å². The zero-order chi connectivity index (χ0) is 22.7. The highest BCUT2D eigenvalue weighted by Crippen LogP contribution is 2.28. The van der Waals surface area contributed by atoms with E-state index in [1.807, 2.05) is 11.0 Å². The molecule has 0 saturated carbocycles. The van der Waals surface area contributed by atoms with Gasteiger partial charge >= 0.3 is 0 Å². The van der Waals surface area contributed by atoms with Crippen LogP contribution >= 0.6 is 11.6 Å². The Balaban J connectivity index is 1.50. The minimum atomic E-state index is -3.90. The van der Waals surface area contributed by atoms with Crippen molar-refractivity contribution in [1.82, 2.24) is 4.31 Å². The van der Waals surface area contributed by atoms with E-state index in [9.17, 15) is 17.6 Å². The lowest BCUT2D eigenvalue weighted by Crippen LogP contribution is -2.48. The van der Waals surface area contributed by atoms with E-state index < -0.39 is 15.9 Å². The monoisotopic (exact) mass is 473 g/mol. The van der Waals surface area contributed by atoms with Gasteiger partial charge in [0.2, 0.25) is 10.0 Å². The maximum atomic E-state index is 13.3. The number of sulfonamides is 1. The highest BCUT2D eigenvalue weighted by atomic mass is 35.5. The molecule has 32 heavy (non-hydrogen) atoms. The van der Waals surface area contributed by atoms with Crippen molar-refractivity contribution in [2.75, 3.05) is 36.4 Å². The molecule has 0 aromatic heterocycles. The number of amides is 1. The van der Waals surface area contributed by atoms with Crippen LogP contribution in [0.25, 0.3) is 0 Å². The molecule has 0 atom stereocenters. The number of carbonyl (C=O) groups is 1. The number of carbonyl (C=O) groups excluding carboxylic acids is 1. The molecule has 1 N–H and O–H groups in total. The normalized spacial score (nSPS) is 14.9. The topological polar surface area (TPSA) is 69.7 Å². The van der Waals surface area contributed by atoms with Gasteiger partial charge in [-0.2, -0.15) is 4.31 Å². The van der Waals surface area contributed by atoms with Crippen molar-refractivity contribution in [3.05, 3.63) is 89.2 Å². The molecule has 1 heterocycles. The smallest absolute Gasteiger partial charge is 0.255 e. The second kappa shape index (κ2) is 9.28. The predicted octanol–water partition coefficient (Wildman–Crippen LogP) is 4.24. The molecule has 3 aromatic carbocycles. The first-order valence-electron chi connectivity index (χ1n) is 10.0. The molecule has 4 rings (SSSR count). The maximum absolute atomic E-state index is 13.3. The van der Waals surface area contributed by atoms with E-state index in [4.69, 9.17) is 11.6 Å². The van der Waals surface area contributed by atoms with Crippen molar-refractivity contribution < 1.29 is 17.6 Å². The number of halogens is 2. The van der Waals surface area contributed by atoms with Crippen molar-refractivity contribution in [3.63, 3.8) is 0 Å². The molecule has 1 aliphatic heterocycles. The summed E-state index contributed by atoms with van der Waals surface area (Å²) in [6, 6.07) is 19.2. The van der Waals surface area contributed by atoms with Crippen LogP contribution in [0.15, 0.2) is 77.7 Å². The average Bonchev–Trinajstić information content (AvgIpc) is 2.80. The minimum Gasteiger partial charge on any atom is -0.369 e. The highest BCUT2D eigenvalue weighted by molar-refractivity contribution is 7.89. The number of rotatable bonds is 5. The van der Waals surface area contributed by atoms with E-state index in [0.29, 0.717) is 18.8 Å². The molecule has 1 amide bonds. The molecule has 0 spiro atoms. The summed E-state index contributed by atoms with van der Waals surface area (Å²) in [5, 5.41) is 2.80. The van der Waals surface area contributed by atoms with Gasteiger partial charge < -0.3 is 10.2 Å². The van der Waals surface area contributed by atoms with Crippen molar-refractivity contribution in [1.29, 1.82) is 0 Å². The number of hydrogen-bond donors (Lipinski definition) is 1. The molecule has 0 aliphatic carbocycles. The van der Waals surface area contributed by atoms with Crippen molar-refractivity contribution in [2.45, 2.75) is 4.90 Å². The molecule has 0 unspecified atom stereocenters. The SMILES string of the molecule is O=C(Nc1ccccc1)c1ccc(Cl)c(S(=O)(=O)N2CCN(c3ccc(F)cc3)CC2)c1. The first-order chi connectivity index (χ1) is 15.3. The van der Waals surface area contributed by atoms with Crippen LogP contribution in [0.3, 0.4) is 0 Å². The number of hydrogen-bond acceptors (Lipinski definition) is 4. The zero-order valence-corrected chi connectivity index (χ0v) is 18.6. The first-order valence-corrected chi connectivity index (χ1v) is 11.8. The van der Waals surface area contributed by atoms with E-state index in [2.05, 4.69) is 5.32 Å². The van der Waals surface area contributed by atoms with Crippen LogP contribution in [0.2, 0.25) is 5.02 Å². The fourth-order valence-corrected chi connectivity index (χ4v) is 5.47. The first kappa shape index (κ1) is 22.3. The molecular weight excluding hydrogens is 453 g/mol. The summed E-state index contributed by atoms with van der Waals surface area (Å²) in [6.07, 6.45) is 0. The Morgan fingerprint density at radius 2 is 1.56 bits per heavy atom. The Morgan fingerprint density at radius 3 is 2.22 bits per heavy atom. The number of anilines is 2. The fraction of sp³-hybridized carbons (Fsp3) is 0.174. The lowest BCUT2D eigenvalue weighted by Gasteiger charge is -2.35. The van der Waals surface area contributed by atoms with Crippen LogP contribution in [-0.4, -0.2) is 44.8 Å². The number of piperazine rings is 1. The molecule has 1 saturated heterocycles. The molecule has 3 aromatic rings. The maximum Gasteiger partial charge on any atom is 0.255 e. The standard InChI is InChI=1S/C23H21ClFN3O3S/c24-21-11-6-17(23(29)26-19-4-2-1-3-5-19)16-22(21)32(30,31)28-14-12-27(13-15-28)20-9-7-18(25)8-10-20/h1-11,16H,12-15H2,(H,26,29). The fourth-order valence-electron chi connectivity index (χ4n) is 3.54. The average molecular weight is 474 g/mol. The third kappa shape index (κ3) is 4.77. The van der Waals surface area contributed by atoms with Crippen LogP contribution in [0.1, 0.15) is 10.4 Å². The van der Waals surface area contributed by atoms with Crippen LogP contribution < -0.4 is 10.2 Å². The van der Waals surface area contributed by atoms with E-state index in [1.165, 1.54) is 34.6 Å². The second-order valence-electron chi connectivity index (χ2n) is 7.33. The molecule has 6 nitrogen and oxygen atoms in total. The predicted molar refractivity (Wildman–Crippen MR) is 123 cm³/mol. The number of nitrogens with one attached hydrogen (secondary N) is 1. The summed E-state index contributed by atoms with van der Waals surface area (Å²) in [7, 11) is -3.90. The Kier molecular flexibility index (Phi) is 6.45. The van der Waals surface area contributed by atoms with Gasteiger partial charge in [-0.15, -0.1) is 0 Å². The second-order valence-corrected chi connectivity index (χ2v) is 9.65. The molecule has 1 fully saturated rings. The Hall–Kier alpha value is -2.94. The summed E-state index contributed by atoms with van der Waals surface area (Å²) >= 11 is 6.22. The zero-order valence-electron chi connectivity index (χ0n) is 17.0. The molecule has 0 radical (unpaired) electrons. The Bertz CT molecular complexity index is 1210. The van der Waals surface area contributed by atoms with Crippen molar-refractivity contribution >= 4 is 38.9 Å². The van der Waals surface area contributed by atoms with Gasteiger partial charge in [-0.05, 0) is 54.6 Å². The Labute approximate surface area is 191 Å². The Morgan fingerprint density at radius 1 is 0.906 bits per heavy atom. The summed E-state index contributed by atoms with van der Waals surface area (Å²) in [5.41, 5.74) is 1.64. The molecule has 1 aliphatic rings. The van der Waals surface area contributed by atoms with Crippen LogP contribution in [0.4, 0.5) is 15.8 Å². The summed E-state index contributed by atoms with van der Waals surface area (Å²) in [6.45, 7) is 1.40. The minimum absolute atomic E-state index is 0.0576. The van der Waals surface area contributed by atoms with Gasteiger partial charge in [-0.1, -0.05) is 29.8 Å². The van der Waals surface area contributed by atoms with Gasteiger partial charge in [0.05, 0.1) is 5.02 Å². The summed E-state index contributed by atoms with van der Waals surface area (Å²) in [4.78, 5) is 14.5. The van der Waals surface area contributed by atoms with Crippen LogP contribution in [0.5, 0.6) is 0 Å². The molecule has 9 heteroatoms. The van der Waals surface area contributed by atoms with Gasteiger partial charge in [-0.3, -0.25) is 4.79 Å². The number of nitrogens with zero attached hydrogens (tertiary/aromatic N) is 2. The van der Waals surface area contributed by atoms with Gasteiger partial charge in [-0.25, -0.2) is 12.8 Å². The lowest BCUT2D eigenvalue weighted by atomic mass is 10.2. The number of para-hydroxylation sites is 1. The van der Waals surface area contributed by atoms with E-state index >= 15 is 0 Å². The van der Waals surface area contributed by atoms with Crippen molar-refractivity contribution in [3.8, 4) is 0 Å². The quantitative estimate of drug-likeness (QED) is 0.601. The molecule has 0 bridgehead atoms. The van der Waals surface area contributed by atoms with E-state index in [1.54, 1.807) is 36.4 Å². The number of benzene rings is 3. The van der Waals surface area contributed by atoms with Gasteiger partial charge in [0.1, 0.15) is 10.7 Å². The van der Waals surface area contributed by atoms with Gasteiger partial charge in [0.15, 0.2) is 0 Å². The highest BCUT2D eigenvalue weighted by Gasteiger charge is 2.31. The summed E-state index contributed by atoms with van der Waals surface area (Å²) < 4.78 is 41.1. The molecule has 166 valence electrons. The van der Waals surface area contributed by atoms with Crippen LogP contribution in [-0.2, 0) is 10.0 Å². The van der Waals surface area contributed by atoms with Crippen molar-refractivity contribution in [2.24, 2.45) is 0 Å². The van der Waals surface area contributed by atoms with E-state index in [0.717, 1.165) is 5.69 Å². The molecular formula is C23H21ClFN3O3S. The van der Waals surface area contributed by atoms with E-state index in [-0.39, 0.29) is 34.4 Å². The van der Waals surface area contributed by atoms with Gasteiger partial charge in [0.25, 0.3) is 5.91 Å². The lowest BCUT2D eigenvalue weighted by molar-refractivity contribution is 0.102. The van der Waals surface area contributed by atoms with Gasteiger partial charge in [0, 0.05) is 43.1 Å². The third-order valence-corrected chi connectivity index (χ3v) is 7.65. The largest absolute Gasteiger partial charge is 0.369 e. The third-order valence-electron chi connectivity index (χ3n) is 5.27. The summed E-state index contributed by atoms with van der Waals surface area (Å²) in [5.74, 6) is -0.744.